The molecule has 0 saturated carbocycles. The molecule has 2 N–H and O–H groups in total. The maximum atomic E-state index is 12.0. The molecular weight excluding hydrogens is 188 g/mol. The van der Waals surface area contributed by atoms with Crippen molar-refractivity contribution < 1.29 is 13.9 Å². The molecule has 0 bridgehead atoms. The largest absolute Gasteiger partial charge is 0.508 e. The van der Waals surface area contributed by atoms with Crippen molar-refractivity contribution in [3.63, 3.8) is 0 Å². The molecule has 0 unspecified atom stereocenters. The second-order valence-electron chi connectivity index (χ2n) is 3.06. The van der Waals surface area contributed by atoms with Crippen molar-refractivity contribution in [2.75, 3.05) is 13.1 Å². The Kier molecular flexibility index (Phi) is 4.32. The van der Waals surface area contributed by atoms with Gasteiger partial charge in [0.05, 0.1) is 0 Å². The molecule has 0 atom stereocenters. The van der Waals surface area contributed by atoms with Crippen molar-refractivity contribution in [1.82, 2.24) is 5.32 Å². The van der Waals surface area contributed by atoms with Crippen LogP contribution >= 0.6 is 0 Å². The minimum absolute atomic E-state index is 0.270. The molecule has 2 rings (SSSR count). The van der Waals surface area contributed by atoms with Crippen LogP contribution in [0.25, 0.3) is 0 Å². The van der Waals surface area contributed by atoms with Gasteiger partial charge in [0, 0.05) is 6.07 Å². The van der Waals surface area contributed by atoms with E-state index in [9.17, 15) is 8.78 Å². The minimum atomic E-state index is -1.03. The van der Waals surface area contributed by atoms with E-state index in [1.807, 2.05) is 0 Å². The average Bonchev–Trinajstić information content (AvgIpc) is 2.69. The number of hydrogen-bond acceptors (Lipinski definition) is 2. The van der Waals surface area contributed by atoms with Gasteiger partial charge in [0.1, 0.15) is 5.75 Å². The monoisotopic (exact) mass is 201 g/mol. The van der Waals surface area contributed by atoms with Gasteiger partial charge in [-0.1, -0.05) is 0 Å². The minimum Gasteiger partial charge on any atom is -0.508 e. The van der Waals surface area contributed by atoms with E-state index in [0.717, 1.165) is 18.2 Å². The van der Waals surface area contributed by atoms with Gasteiger partial charge in [-0.05, 0) is 38.1 Å². The van der Waals surface area contributed by atoms with Crippen molar-refractivity contribution in [2.45, 2.75) is 12.8 Å². The highest BCUT2D eigenvalue weighted by molar-refractivity contribution is 5.21. The number of hydrogen-bond donors (Lipinski definition) is 2. The standard InChI is InChI=1S/C6H4F2O.C4H9N/c7-5-2-1-4(9)3-6(5)8;1-2-4-5-3-1/h1-3,9H;5H,1-4H2. The highest BCUT2D eigenvalue weighted by Gasteiger charge is 1.99. The van der Waals surface area contributed by atoms with E-state index in [2.05, 4.69) is 5.32 Å². The lowest BCUT2D eigenvalue weighted by Gasteiger charge is -1.90. The van der Waals surface area contributed by atoms with Crippen LogP contribution in [-0.2, 0) is 0 Å². The molecule has 1 heterocycles. The number of halogens is 2. The van der Waals surface area contributed by atoms with Crippen LogP contribution in [0.3, 0.4) is 0 Å². The topological polar surface area (TPSA) is 32.3 Å². The molecule has 0 radical (unpaired) electrons. The van der Waals surface area contributed by atoms with Crippen LogP contribution < -0.4 is 5.32 Å². The number of rotatable bonds is 0. The summed E-state index contributed by atoms with van der Waals surface area (Å²) in [6.07, 6.45) is 2.78. The van der Waals surface area contributed by atoms with Crippen LogP contribution in [0.4, 0.5) is 8.78 Å². The van der Waals surface area contributed by atoms with Crippen LogP contribution in [-0.4, -0.2) is 18.2 Å². The van der Waals surface area contributed by atoms with Gasteiger partial charge in [0.25, 0.3) is 0 Å². The van der Waals surface area contributed by atoms with E-state index < -0.39 is 11.6 Å². The molecular formula is C10H13F2NO. The van der Waals surface area contributed by atoms with Crippen LogP contribution in [0.5, 0.6) is 5.75 Å². The summed E-state index contributed by atoms with van der Waals surface area (Å²) >= 11 is 0. The maximum absolute atomic E-state index is 12.0. The van der Waals surface area contributed by atoms with Crippen molar-refractivity contribution in [2.24, 2.45) is 0 Å². The SMILES string of the molecule is C1CCNC1.Oc1ccc(F)c(F)c1. The lowest BCUT2D eigenvalue weighted by molar-refractivity contribution is 0.455. The van der Waals surface area contributed by atoms with Crippen molar-refractivity contribution in [3.05, 3.63) is 29.8 Å². The fourth-order valence-corrected chi connectivity index (χ4v) is 1.11. The van der Waals surface area contributed by atoms with E-state index in [-0.39, 0.29) is 5.75 Å². The molecule has 2 nitrogen and oxygen atoms in total. The number of nitrogens with one attached hydrogen (secondary N) is 1. The molecule has 78 valence electrons. The zero-order chi connectivity index (χ0) is 10.4. The first-order chi connectivity index (χ1) is 6.70. The van der Waals surface area contributed by atoms with Crippen molar-refractivity contribution >= 4 is 0 Å². The summed E-state index contributed by atoms with van der Waals surface area (Å²) in [6.45, 7) is 2.50. The van der Waals surface area contributed by atoms with E-state index in [0.29, 0.717) is 0 Å². The Morgan fingerprint density at radius 2 is 1.71 bits per heavy atom. The predicted octanol–water partition coefficient (Wildman–Crippen LogP) is 2.04. The predicted molar refractivity (Wildman–Crippen MR) is 50.1 cm³/mol. The van der Waals surface area contributed by atoms with Gasteiger partial charge in [-0.3, -0.25) is 0 Å². The van der Waals surface area contributed by atoms with Gasteiger partial charge in [0.15, 0.2) is 11.6 Å². The second kappa shape index (κ2) is 5.54. The summed E-state index contributed by atoms with van der Waals surface area (Å²) in [5, 5.41) is 11.8. The maximum Gasteiger partial charge on any atom is 0.162 e. The molecule has 14 heavy (non-hydrogen) atoms. The molecule has 0 aliphatic carbocycles. The molecule has 0 spiro atoms. The summed E-state index contributed by atoms with van der Waals surface area (Å²) in [5.41, 5.74) is 0. The molecule has 1 aliphatic rings. The average molecular weight is 201 g/mol. The fourth-order valence-electron chi connectivity index (χ4n) is 1.11. The Hall–Kier alpha value is -1.16. The first-order valence-corrected chi connectivity index (χ1v) is 4.55. The first-order valence-electron chi connectivity index (χ1n) is 4.55. The van der Waals surface area contributed by atoms with Crippen LogP contribution in [0.2, 0.25) is 0 Å². The summed E-state index contributed by atoms with van der Waals surface area (Å²) in [5.74, 6) is -2.25. The Morgan fingerprint density at radius 1 is 1.07 bits per heavy atom. The molecule has 1 aromatic carbocycles. The molecule has 1 fully saturated rings. The van der Waals surface area contributed by atoms with Crippen molar-refractivity contribution in [1.29, 1.82) is 0 Å². The molecule has 0 aromatic heterocycles. The van der Waals surface area contributed by atoms with Crippen LogP contribution in [0.15, 0.2) is 18.2 Å². The normalized spacial score (nSPS) is 14.7. The third-order valence-electron chi connectivity index (χ3n) is 1.86. The van der Waals surface area contributed by atoms with Gasteiger partial charge in [0.2, 0.25) is 0 Å². The highest BCUT2D eigenvalue weighted by Crippen LogP contribution is 2.12. The third kappa shape index (κ3) is 3.70. The number of phenols is 1. The molecule has 1 aromatic rings. The van der Waals surface area contributed by atoms with Crippen LogP contribution in [0.1, 0.15) is 12.8 Å². The van der Waals surface area contributed by atoms with E-state index in [4.69, 9.17) is 5.11 Å². The highest BCUT2D eigenvalue weighted by atomic mass is 19.2. The fraction of sp³-hybridized carbons (Fsp3) is 0.400. The molecule has 0 amide bonds. The lowest BCUT2D eigenvalue weighted by atomic mass is 10.3. The van der Waals surface area contributed by atoms with E-state index in [1.165, 1.54) is 25.9 Å². The zero-order valence-corrected chi connectivity index (χ0v) is 7.76. The summed E-state index contributed by atoms with van der Waals surface area (Å²) in [4.78, 5) is 0. The van der Waals surface area contributed by atoms with Gasteiger partial charge >= 0.3 is 0 Å². The Labute approximate surface area is 81.6 Å². The van der Waals surface area contributed by atoms with E-state index in [1.54, 1.807) is 0 Å². The first kappa shape index (κ1) is 10.9. The summed E-state index contributed by atoms with van der Waals surface area (Å²) in [6, 6.07) is 2.67. The number of aromatic hydroxyl groups is 1. The van der Waals surface area contributed by atoms with Gasteiger partial charge < -0.3 is 10.4 Å². The Balaban J connectivity index is 0.000000165. The zero-order valence-electron chi connectivity index (χ0n) is 7.76. The molecule has 1 saturated heterocycles. The quantitative estimate of drug-likeness (QED) is 0.673. The number of phenolic OH excluding ortho intramolecular Hbond substituents is 1. The summed E-state index contributed by atoms with van der Waals surface area (Å²) in [7, 11) is 0. The Bertz CT molecular complexity index is 280. The van der Waals surface area contributed by atoms with Crippen molar-refractivity contribution in [3.8, 4) is 5.75 Å². The van der Waals surface area contributed by atoms with E-state index >= 15 is 0 Å². The second-order valence-corrected chi connectivity index (χ2v) is 3.06. The van der Waals surface area contributed by atoms with Gasteiger partial charge in [-0.15, -0.1) is 0 Å². The van der Waals surface area contributed by atoms with Gasteiger partial charge in [-0.25, -0.2) is 8.78 Å². The third-order valence-corrected chi connectivity index (χ3v) is 1.86. The molecule has 1 aliphatic heterocycles. The van der Waals surface area contributed by atoms with Gasteiger partial charge in [-0.2, -0.15) is 0 Å². The molecule has 4 heteroatoms. The Morgan fingerprint density at radius 3 is 2.07 bits per heavy atom. The summed E-state index contributed by atoms with van der Waals surface area (Å²) < 4.78 is 24.1. The number of benzene rings is 1. The smallest absolute Gasteiger partial charge is 0.162 e. The van der Waals surface area contributed by atoms with Crippen LogP contribution in [0, 0.1) is 11.6 Å². The lowest BCUT2D eigenvalue weighted by Crippen LogP contribution is -2.03.